The second-order valence-corrected chi connectivity index (χ2v) is 6.04. The van der Waals surface area contributed by atoms with E-state index in [0.29, 0.717) is 12.1 Å². The van der Waals surface area contributed by atoms with Crippen LogP contribution >= 0.6 is 0 Å². The van der Waals surface area contributed by atoms with E-state index >= 15 is 0 Å². The van der Waals surface area contributed by atoms with Crippen molar-refractivity contribution < 1.29 is 4.74 Å². The largest absolute Gasteiger partial charge is 0.497 e. The Bertz CT molecular complexity index is 425. The molecule has 0 aliphatic heterocycles. The first-order valence-electron chi connectivity index (χ1n) is 8.12. The Labute approximate surface area is 123 Å². The molecule has 0 heterocycles. The van der Waals surface area contributed by atoms with Gasteiger partial charge in [-0.3, -0.25) is 0 Å². The van der Waals surface area contributed by atoms with Crippen LogP contribution < -0.4 is 10.1 Å². The smallest absolute Gasteiger partial charge is 0.119 e. The van der Waals surface area contributed by atoms with E-state index in [1.165, 1.54) is 43.2 Å². The summed E-state index contributed by atoms with van der Waals surface area (Å²) in [4.78, 5) is 0. The van der Waals surface area contributed by atoms with Crippen LogP contribution in [0.15, 0.2) is 18.2 Å². The molecule has 2 atom stereocenters. The van der Waals surface area contributed by atoms with Crippen molar-refractivity contribution in [3.63, 3.8) is 0 Å². The van der Waals surface area contributed by atoms with Crippen molar-refractivity contribution in [2.24, 2.45) is 5.92 Å². The number of fused-ring (bicyclic) bond motifs is 1. The average molecular weight is 275 g/mol. The van der Waals surface area contributed by atoms with Gasteiger partial charge in [0.15, 0.2) is 0 Å². The Morgan fingerprint density at radius 2 is 2.05 bits per heavy atom. The highest BCUT2D eigenvalue weighted by Gasteiger charge is 2.24. The van der Waals surface area contributed by atoms with Crippen LogP contribution in [-0.4, -0.2) is 13.2 Å². The Balaban J connectivity index is 2.12. The van der Waals surface area contributed by atoms with Gasteiger partial charge in [-0.25, -0.2) is 0 Å². The van der Waals surface area contributed by atoms with E-state index in [0.717, 1.165) is 11.7 Å². The summed E-state index contributed by atoms with van der Waals surface area (Å²) in [7, 11) is 1.75. The number of ether oxygens (including phenoxy) is 1. The molecule has 0 amide bonds. The van der Waals surface area contributed by atoms with Crippen molar-refractivity contribution in [2.75, 3.05) is 7.11 Å². The van der Waals surface area contributed by atoms with Gasteiger partial charge in [0.25, 0.3) is 0 Å². The van der Waals surface area contributed by atoms with Gasteiger partial charge in [0, 0.05) is 12.1 Å². The Kier molecular flexibility index (Phi) is 5.47. The van der Waals surface area contributed by atoms with E-state index in [4.69, 9.17) is 4.74 Å². The molecule has 0 radical (unpaired) electrons. The van der Waals surface area contributed by atoms with E-state index in [1.807, 2.05) is 0 Å². The lowest BCUT2D eigenvalue weighted by Gasteiger charge is -2.32. The van der Waals surface area contributed by atoms with Crippen LogP contribution in [0.4, 0.5) is 0 Å². The molecule has 1 N–H and O–H groups in total. The summed E-state index contributed by atoms with van der Waals surface area (Å²) >= 11 is 0. The van der Waals surface area contributed by atoms with Gasteiger partial charge in [0.1, 0.15) is 5.75 Å². The molecule has 2 heteroatoms. The standard InChI is InChI=1S/C18H29NO/c1-5-14(6-2)13(3)19-18-9-7-8-15-12-16(20-4)10-11-17(15)18/h10-14,18-19H,5-9H2,1-4H3. The van der Waals surface area contributed by atoms with Gasteiger partial charge >= 0.3 is 0 Å². The van der Waals surface area contributed by atoms with Crippen molar-refractivity contribution >= 4 is 0 Å². The monoisotopic (exact) mass is 275 g/mol. The second kappa shape index (κ2) is 7.12. The zero-order chi connectivity index (χ0) is 14.5. The fraction of sp³-hybridized carbons (Fsp3) is 0.667. The highest BCUT2D eigenvalue weighted by atomic mass is 16.5. The highest BCUT2D eigenvalue weighted by molar-refractivity contribution is 5.39. The molecule has 0 saturated heterocycles. The lowest BCUT2D eigenvalue weighted by molar-refractivity contribution is 0.307. The first-order chi connectivity index (χ1) is 9.69. The highest BCUT2D eigenvalue weighted by Crippen LogP contribution is 2.33. The van der Waals surface area contributed by atoms with E-state index < -0.39 is 0 Å². The van der Waals surface area contributed by atoms with E-state index in [1.54, 1.807) is 7.11 Å². The molecule has 0 fully saturated rings. The van der Waals surface area contributed by atoms with E-state index in [2.05, 4.69) is 44.3 Å². The van der Waals surface area contributed by atoms with Crippen LogP contribution in [0.25, 0.3) is 0 Å². The molecule has 20 heavy (non-hydrogen) atoms. The quantitative estimate of drug-likeness (QED) is 0.826. The third-order valence-electron chi connectivity index (χ3n) is 4.88. The molecule has 1 aliphatic carbocycles. The van der Waals surface area contributed by atoms with Gasteiger partial charge in [0.05, 0.1) is 7.11 Å². The van der Waals surface area contributed by atoms with Gasteiger partial charge in [-0.05, 0) is 55.4 Å². The molecule has 0 bridgehead atoms. The lowest BCUT2D eigenvalue weighted by Crippen LogP contribution is -2.37. The molecular formula is C18H29NO. The van der Waals surface area contributed by atoms with Crippen LogP contribution in [0.5, 0.6) is 5.75 Å². The number of hydrogen-bond acceptors (Lipinski definition) is 2. The first kappa shape index (κ1) is 15.4. The molecule has 2 nitrogen and oxygen atoms in total. The number of nitrogens with one attached hydrogen (secondary N) is 1. The molecule has 0 saturated carbocycles. The predicted octanol–water partition coefficient (Wildman–Crippen LogP) is 4.49. The van der Waals surface area contributed by atoms with Crippen molar-refractivity contribution in [1.82, 2.24) is 5.32 Å². The van der Waals surface area contributed by atoms with Crippen LogP contribution in [-0.2, 0) is 6.42 Å². The molecule has 0 spiro atoms. The van der Waals surface area contributed by atoms with Crippen molar-refractivity contribution in [3.05, 3.63) is 29.3 Å². The fourth-order valence-electron chi connectivity index (χ4n) is 3.54. The number of rotatable bonds is 6. The Morgan fingerprint density at radius 1 is 1.30 bits per heavy atom. The molecule has 2 rings (SSSR count). The number of aryl methyl sites for hydroxylation is 1. The van der Waals surface area contributed by atoms with Crippen LogP contribution in [0.3, 0.4) is 0 Å². The number of benzene rings is 1. The summed E-state index contributed by atoms with van der Waals surface area (Å²) in [5, 5.41) is 3.87. The molecule has 2 unspecified atom stereocenters. The van der Waals surface area contributed by atoms with Gasteiger partial charge in [-0.15, -0.1) is 0 Å². The van der Waals surface area contributed by atoms with E-state index in [-0.39, 0.29) is 0 Å². The minimum Gasteiger partial charge on any atom is -0.497 e. The summed E-state index contributed by atoms with van der Waals surface area (Å²) in [6, 6.07) is 7.67. The van der Waals surface area contributed by atoms with Gasteiger partial charge in [-0.1, -0.05) is 32.8 Å². The van der Waals surface area contributed by atoms with Gasteiger partial charge in [-0.2, -0.15) is 0 Å². The molecule has 1 aromatic rings. The van der Waals surface area contributed by atoms with Crippen LogP contribution in [0.2, 0.25) is 0 Å². The fourth-order valence-corrected chi connectivity index (χ4v) is 3.54. The summed E-state index contributed by atoms with van der Waals surface area (Å²) in [5.41, 5.74) is 2.94. The minimum atomic E-state index is 0.514. The third kappa shape index (κ3) is 3.35. The van der Waals surface area contributed by atoms with Crippen LogP contribution in [0.1, 0.15) is 63.6 Å². The lowest BCUT2D eigenvalue weighted by atomic mass is 9.86. The van der Waals surface area contributed by atoms with E-state index in [9.17, 15) is 0 Å². The Hall–Kier alpha value is -1.02. The maximum absolute atomic E-state index is 5.35. The zero-order valence-electron chi connectivity index (χ0n) is 13.4. The molecule has 1 aromatic carbocycles. The third-order valence-corrected chi connectivity index (χ3v) is 4.88. The normalized spacial score (nSPS) is 19.8. The predicted molar refractivity (Wildman–Crippen MR) is 85.3 cm³/mol. The van der Waals surface area contributed by atoms with Crippen molar-refractivity contribution in [1.29, 1.82) is 0 Å². The molecule has 0 aromatic heterocycles. The van der Waals surface area contributed by atoms with Gasteiger partial charge in [0.2, 0.25) is 0 Å². The minimum absolute atomic E-state index is 0.514. The Morgan fingerprint density at radius 3 is 2.70 bits per heavy atom. The summed E-state index contributed by atoms with van der Waals surface area (Å²) < 4.78 is 5.35. The summed E-state index contributed by atoms with van der Waals surface area (Å²) in [5.74, 6) is 1.76. The van der Waals surface area contributed by atoms with Crippen molar-refractivity contribution in [3.8, 4) is 5.75 Å². The maximum Gasteiger partial charge on any atom is 0.119 e. The number of methoxy groups -OCH3 is 1. The average Bonchev–Trinajstić information content (AvgIpc) is 2.48. The number of hydrogen-bond donors (Lipinski definition) is 1. The second-order valence-electron chi connectivity index (χ2n) is 6.04. The zero-order valence-corrected chi connectivity index (χ0v) is 13.4. The van der Waals surface area contributed by atoms with Crippen LogP contribution in [0, 0.1) is 5.92 Å². The summed E-state index contributed by atoms with van der Waals surface area (Å²) in [6.45, 7) is 6.94. The summed E-state index contributed by atoms with van der Waals surface area (Å²) in [6.07, 6.45) is 6.22. The van der Waals surface area contributed by atoms with Gasteiger partial charge < -0.3 is 10.1 Å². The molecule has 112 valence electrons. The molecule has 1 aliphatic rings. The maximum atomic E-state index is 5.35. The topological polar surface area (TPSA) is 21.3 Å². The molecular weight excluding hydrogens is 246 g/mol. The SMILES string of the molecule is CCC(CC)C(C)NC1CCCc2cc(OC)ccc21. The first-order valence-corrected chi connectivity index (χ1v) is 8.12. The van der Waals surface area contributed by atoms with Crippen molar-refractivity contribution in [2.45, 2.75) is 65.0 Å².